The molecule has 0 atom stereocenters. The van der Waals surface area contributed by atoms with Gasteiger partial charge >= 0.3 is 0 Å². The van der Waals surface area contributed by atoms with Gasteiger partial charge in [-0.25, -0.2) is 0 Å². The Hall–Kier alpha value is -2.14. The molecule has 0 N–H and O–H groups in total. The highest BCUT2D eigenvalue weighted by molar-refractivity contribution is 7.12. The van der Waals surface area contributed by atoms with E-state index in [0.29, 0.717) is 13.1 Å². The minimum atomic E-state index is 0.0215. The van der Waals surface area contributed by atoms with Crippen molar-refractivity contribution in [3.8, 4) is 0 Å². The molecule has 0 saturated heterocycles. The Balaban J connectivity index is 1.72. The largest absolute Gasteiger partial charge is 0.310 e. The Morgan fingerprint density at radius 3 is 2.30 bits per heavy atom. The average molecular weight is 326 g/mol. The van der Waals surface area contributed by atoms with Crippen LogP contribution in [-0.2, 0) is 4.79 Å². The van der Waals surface area contributed by atoms with Gasteiger partial charge in [0.05, 0.1) is 16.3 Å². The zero-order chi connectivity index (χ0) is 15.8. The molecule has 1 fully saturated rings. The molecule has 118 valence electrons. The van der Waals surface area contributed by atoms with Crippen LogP contribution in [-0.4, -0.2) is 24.9 Å². The number of thiophene rings is 1. The molecule has 1 aromatic carbocycles. The van der Waals surface area contributed by atoms with Crippen molar-refractivity contribution in [2.24, 2.45) is 5.92 Å². The first-order valence-corrected chi connectivity index (χ1v) is 8.89. The highest BCUT2D eigenvalue weighted by Gasteiger charge is 2.36. The summed E-state index contributed by atoms with van der Waals surface area (Å²) in [6, 6.07) is 11.5. The molecule has 0 radical (unpaired) electrons. The molecular formula is C18H18N2O2S. The average Bonchev–Trinajstić information content (AvgIpc) is 3.32. The van der Waals surface area contributed by atoms with Gasteiger partial charge in [0, 0.05) is 19.0 Å². The summed E-state index contributed by atoms with van der Waals surface area (Å²) in [6.07, 6.45) is 2.79. The molecule has 23 heavy (non-hydrogen) atoms. The quantitative estimate of drug-likeness (QED) is 0.847. The van der Waals surface area contributed by atoms with Gasteiger partial charge in [-0.2, -0.15) is 0 Å². The number of benzene rings is 1. The van der Waals surface area contributed by atoms with Crippen LogP contribution < -0.4 is 9.80 Å². The lowest BCUT2D eigenvalue weighted by Gasteiger charge is -2.25. The van der Waals surface area contributed by atoms with Crippen molar-refractivity contribution in [2.45, 2.75) is 19.3 Å². The molecule has 1 aliphatic carbocycles. The minimum Gasteiger partial charge on any atom is -0.310 e. The van der Waals surface area contributed by atoms with E-state index in [1.165, 1.54) is 11.3 Å². The molecule has 2 aliphatic rings. The van der Waals surface area contributed by atoms with Crippen molar-refractivity contribution >= 4 is 34.5 Å². The molecule has 5 heteroatoms. The van der Waals surface area contributed by atoms with Crippen molar-refractivity contribution < 1.29 is 9.59 Å². The van der Waals surface area contributed by atoms with Crippen LogP contribution >= 0.6 is 11.3 Å². The molecule has 1 aromatic heterocycles. The Kier molecular flexibility index (Phi) is 3.65. The van der Waals surface area contributed by atoms with Crippen molar-refractivity contribution in [1.82, 2.24) is 0 Å². The normalized spacial score (nSPS) is 17.6. The topological polar surface area (TPSA) is 40.6 Å². The van der Waals surface area contributed by atoms with Gasteiger partial charge in [-0.3, -0.25) is 9.59 Å². The maximum absolute atomic E-state index is 12.8. The van der Waals surface area contributed by atoms with E-state index in [1.54, 1.807) is 0 Å². The molecule has 2 aromatic rings. The van der Waals surface area contributed by atoms with E-state index in [-0.39, 0.29) is 17.7 Å². The smallest absolute Gasteiger partial charge is 0.268 e. The first-order valence-electron chi connectivity index (χ1n) is 8.01. The number of fused-ring (bicyclic) bond motifs is 1. The monoisotopic (exact) mass is 326 g/mol. The lowest BCUT2D eigenvalue weighted by atomic mass is 10.2. The maximum atomic E-state index is 12.8. The lowest BCUT2D eigenvalue weighted by Crippen LogP contribution is -2.32. The fraction of sp³-hybridized carbons (Fsp3) is 0.333. The van der Waals surface area contributed by atoms with Gasteiger partial charge in [-0.15, -0.1) is 11.3 Å². The molecule has 1 aliphatic heterocycles. The number of carbonyl (C=O) groups excluding carboxylic acids is 2. The third-order valence-corrected chi connectivity index (χ3v) is 5.25. The number of hydrogen-bond donors (Lipinski definition) is 0. The standard InChI is InChI=1S/C18H18N2O2S/c21-17(13-8-9-13)19-10-4-11-20(15-6-2-1-5-14(15)19)18(22)16-7-3-12-23-16/h1-3,5-7,12-13H,4,8-11H2. The van der Waals surface area contributed by atoms with E-state index in [4.69, 9.17) is 0 Å². The second-order valence-electron chi connectivity index (χ2n) is 6.04. The van der Waals surface area contributed by atoms with Crippen LogP contribution in [0.25, 0.3) is 0 Å². The van der Waals surface area contributed by atoms with Crippen LogP contribution in [0.15, 0.2) is 41.8 Å². The zero-order valence-electron chi connectivity index (χ0n) is 12.8. The van der Waals surface area contributed by atoms with E-state index in [1.807, 2.05) is 51.6 Å². The van der Waals surface area contributed by atoms with Crippen molar-refractivity contribution in [1.29, 1.82) is 0 Å². The van der Waals surface area contributed by atoms with Crippen LogP contribution in [0, 0.1) is 5.92 Å². The van der Waals surface area contributed by atoms with Crippen molar-refractivity contribution in [2.75, 3.05) is 22.9 Å². The molecular weight excluding hydrogens is 308 g/mol. The number of hydrogen-bond acceptors (Lipinski definition) is 3. The summed E-state index contributed by atoms with van der Waals surface area (Å²) in [4.78, 5) is 29.9. The fourth-order valence-corrected chi connectivity index (χ4v) is 3.74. The molecule has 4 nitrogen and oxygen atoms in total. The predicted molar refractivity (Wildman–Crippen MR) is 92.1 cm³/mol. The summed E-state index contributed by atoms with van der Waals surface area (Å²) in [5.74, 6) is 0.415. The maximum Gasteiger partial charge on any atom is 0.268 e. The van der Waals surface area contributed by atoms with Crippen molar-refractivity contribution in [3.05, 3.63) is 46.7 Å². The summed E-state index contributed by atoms with van der Waals surface area (Å²) in [5.41, 5.74) is 1.71. The fourth-order valence-electron chi connectivity index (χ4n) is 3.07. The van der Waals surface area contributed by atoms with Crippen LogP contribution in [0.2, 0.25) is 0 Å². The van der Waals surface area contributed by atoms with Gasteiger partial charge in [0.15, 0.2) is 0 Å². The Labute approximate surface area is 139 Å². The summed E-state index contributed by atoms with van der Waals surface area (Å²) < 4.78 is 0. The lowest BCUT2D eigenvalue weighted by molar-refractivity contribution is -0.119. The number of carbonyl (C=O) groups is 2. The third-order valence-electron chi connectivity index (χ3n) is 4.40. The second kappa shape index (κ2) is 5.81. The SMILES string of the molecule is O=C(c1cccs1)N1CCCN(C(=O)C2CC2)c2ccccc21. The van der Waals surface area contributed by atoms with Gasteiger partial charge in [-0.05, 0) is 42.8 Å². The molecule has 0 bridgehead atoms. The molecule has 0 unspecified atom stereocenters. The molecule has 1 saturated carbocycles. The van der Waals surface area contributed by atoms with Crippen LogP contribution in [0.5, 0.6) is 0 Å². The van der Waals surface area contributed by atoms with Crippen LogP contribution in [0.4, 0.5) is 11.4 Å². The summed E-state index contributed by atoms with van der Waals surface area (Å²) >= 11 is 1.46. The Morgan fingerprint density at radius 1 is 0.957 bits per heavy atom. The molecule has 2 amide bonds. The first kappa shape index (κ1) is 14.5. The van der Waals surface area contributed by atoms with E-state index in [2.05, 4.69) is 0 Å². The minimum absolute atomic E-state index is 0.0215. The van der Waals surface area contributed by atoms with Crippen LogP contribution in [0.1, 0.15) is 28.9 Å². The highest BCUT2D eigenvalue weighted by Crippen LogP contribution is 2.38. The van der Waals surface area contributed by atoms with Crippen LogP contribution in [0.3, 0.4) is 0 Å². The number of anilines is 2. The Morgan fingerprint density at radius 2 is 1.65 bits per heavy atom. The summed E-state index contributed by atoms with van der Waals surface area (Å²) in [7, 11) is 0. The number of amides is 2. The molecule has 0 spiro atoms. The summed E-state index contributed by atoms with van der Waals surface area (Å²) in [5, 5.41) is 1.92. The van der Waals surface area contributed by atoms with Gasteiger partial charge < -0.3 is 9.80 Å². The van der Waals surface area contributed by atoms with E-state index in [0.717, 1.165) is 35.5 Å². The molecule has 2 heterocycles. The zero-order valence-corrected chi connectivity index (χ0v) is 13.6. The van der Waals surface area contributed by atoms with Gasteiger partial charge in [0.1, 0.15) is 0 Å². The van der Waals surface area contributed by atoms with Gasteiger partial charge in [0.25, 0.3) is 5.91 Å². The highest BCUT2D eigenvalue weighted by atomic mass is 32.1. The van der Waals surface area contributed by atoms with Crippen molar-refractivity contribution in [3.63, 3.8) is 0 Å². The third kappa shape index (κ3) is 2.65. The van der Waals surface area contributed by atoms with E-state index in [9.17, 15) is 9.59 Å². The van der Waals surface area contributed by atoms with E-state index >= 15 is 0 Å². The van der Waals surface area contributed by atoms with E-state index < -0.39 is 0 Å². The van der Waals surface area contributed by atoms with Gasteiger partial charge in [-0.1, -0.05) is 18.2 Å². The number of para-hydroxylation sites is 2. The predicted octanol–water partition coefficient (Wildman–Crippen LogP) is 3.54. The first-order chi connectivity index (χ1) is 11.3. The van der Waals surface area contributed by atoms with Gasteiger partial charge in [0.2, 0.25) is 5.91 Å². The second-order valence-corrected chi connectivity index (χ2v) is 6.99. The summed E-state index contributed by atoms with van der Waals surface area (Å²) in [6.45, 7) is 1.32. The number of nitrogens with zero attached hydrogens (tertiary/aromatic N) is 2. The Bertz CT molecular complexity index is 737. The number of rotatable bonds is 2. The molecule has 4 rings (SSSR count).